The number of carbonyl (C=O) groups is 1. The second kappa shape index (κ2) is 7.22. The number of benzene rings is 1. The Labute approximate surface area is 146 Å². The smallest absolute Gasteiger partial charge is 0.416 e. The predicted octanol–water partition coefficient (Wildman–Crippen LogP) is 4.54. The third-order valence-electron chi connectivity index (χ3n) is 3.30. The molecule has 3 rings (SSSR count). The third-order valence-corrected chi connectivity index (χ3v) is 3.30. The molecule has 0 saturated carbocycles. The van der Waals surface area contributed by atoms with Gasteiger partial charge in [0.25, 0.3) is 5.91 Å². The van der Waals surface area contributed by atoms with Crippen LogP contribution in [0.15, 0.2) is 67.1 Å². The highest BCUT2D eigenvalue weighted by Gasteiger charge is 2.30. The molecule has 0 saturated heterocycles. The minimum Gasteiger partial charge on any atom is -0.439 e. The van der Waals surface area contributed by atoms with Gasteiger partial charge in [-0.3, -0.25) is 9.78 Å². The summed E-state index contributed by atoms with van der Waals surface area (Å²) in [6, 6.07) is 10.7. The number of anilines is 1. The summed E-state index contributed by atoms with van der Waals surface area (Å²) in [5.74, 6) is -0.321. The van der Waals surface area contributed by atoms with E-state index in [0.717, 1.165) is 12.1 Å². The lowest BCUT2D eigenvalue weighted by atomic mass is 10.2. The zero-order chi connectivity index (χ0) is 18.6. The van der Waals surface area contributed by atoms with Crippen LogP contribution >= 0.6 is 0 Å². The molecule has 0 aliphatic heterocycles. The Kier molecular flexibility index (Phi) is 4.83. The highest BCUT2D eigenvalue weighted by atomic mass is 19.4. The number of alkyl halides is 3. The molecule has 132 valence electrons. The van der Waals surface area contributed by atoms with Gasteiger partial charge in [-0.15, -0.1) is 0 Å². The average Bonchev–Trinajstić information content (AvgIpc) is 2.63. The van der Waals surface area contributed by atoms with Crippen molar-refractivity contribution in [3.8, 4) is 11.6 Å². The molecule has 5 nitrogen and oxygen atoms in total. The summed E-state index contributed by atoms with van der Waals surface area (Å²) in [6.07, 6.45) is -0.108. The van der Waals surface area contributed by atoms with E-state index < -0.39 is 17.6 Å². The van der Waals surface area contributed by atoms with Crippen LogP contribution in [0.3, 0.4) is 0 Å². The zero-order valence-electron chi connectivity index (χ0n) is 13.2. The van der Waals surface area contributed by atoms with E-state index in [-0.39, 0.29) is 17.2 Å². The molecule has 1 amide bonds. The fourth-order valence-corrected chi connectivity index (χ4v) is 2.07. The summed E-state index contributed by atoms with van der Waals surface area (Å²) < 4.78 is 43.4. The molecule has 2 heterocycles. The van der Waals surface area contributed by atoms with Gasteiger partial charge in [-0.1, -0.05) is 6.07 Å². The van der Waals surface area contributed by atoms with Crippen molar-refractivity contribution in [1.29, 1.82) is 0 Å². The zero-order valence-corrected chi connectivity index (χ0v) is 13.2. The number of nitrogens with zero attached hydrogens (tertiary/aromatic N) is 2. The van der Waals surface area contributed by atoms with E-state index in [9.17, 15) is 18.0 Å². The van der Waals surface area contributed by atoms with Crippen LogP contribution in [-0.2, 0) is 6.18 Å². The number of hydrogen-bond acceptors (Lipinski definition) is 4. The van der Waals surface area contributed by atoms with E-state index in [1.54, 1.807) is 18.3 Å². The largest absolute Gasteiger partial charge is 0.439 e. The number of aromatic nitrogens is 2. The number of amides is 1. The first-order valence-corrected chi connectivity index (χ1v) is 7.44. The maximum absolute atomic E-state index is 12.7. The first-order valence-electron chi connectivity index (χ1n) is 7.44. The molecule has 3 aromatic rings. The Morgan fingerprint density at radius 1 is 1.04 bits per heavy atom. The van der Waals surface area contributed by atoms with E-state index in [1.165, 1.54) is 36.7 Å². The number of carbonyl (C=O) groups excluding carboxylic acids is 1. The second-order valence-corrected chi connectivity index (χ2v) is 5.21. The van der Waals surface area contributed by atoms with Gasteiger partial charge in [0.1, 0.15) is 5.75 Å². The second-order valence-electron chi connectivity index (χ2n) is 5.21. The van der Waals surface area contributed by atoms with Crippen molar-refractivity contribution in [3.05, 3.63) is 78.2 Å². The minimum atomic E-state index is -4.46. The van der Waals surface area contributed by atoms with Gasteiger partial charge in [0.15, 0.2) is 0 Å². The van der Waals surface area contributed by atoms with Crippen LogP contribution in [0.2, 0.25) is 0 Å². The Morgan fingerprint density at radius 3 is 2.54 bits per heavy atom. The first-order chi connectivity index (χ1) is 12.4. The molecular formula is C18H12F3N3O2. The summed E-state index contributed by atoms with van der Waals surface area (Å²) in [4.78, 5) is 19.9. The van der Waals surface area contributed by atoms with E-state index in [2.05, 4.69) is 15.3 Å². The number of hydrogen-bond donors (Lipinski definition) is 1. The SMILES string of the molecule is O=C(Nc1cccnc1)c1ccc(Oc2cccc(C(F)(F)F)c2)nc1. The Hall–Kier alpha value is -3.42. The average molecular weight is 359 g/mol. The molecule has 0 unspecified atom stereocenters. The summed E-state index contributed by atoms with van der Waals surface area (Å²) in [5.41, 5.74) is -0.0190. The summed E-state index contributed by atoms with van der Waals surface area (Å²) in [6.45, 7) is 0. The van der Waals surface area contributed by atoms with E-state index >= 15 is 0 Å². The molecule has 2 aromatic heterocycles. The quantitative estimate of drug-likeness (QED) is 0.743. The molecule has 0 aliphatic carbocycles. The van der Waals surface area contributed by atoms with Crippen molar-refractivity contribution in [2.24, 2.45) is 0 Å². The van der Waals surface area contributed by atoms with Crippen LogP contribution in [0.4, 0.5) is 18.9 Å². The lowest BCUT2D eigenvalue weighted by Gasteiger charge is -2.10. The van der Waals surface area contributed by atoms with Gasteiger partial charge in [-0.2, -0.15) is 13.2 Å². The number of nitrogens with one attached hydrogen (secondary N) is 1. The fraction of sp³-hybridized carbons (Fsp3) is 0.0556. The van der Waals surface area contributed by atoms with Crippen molar-refractivity contribution in [2.75, 3.05) is 5.32 Å². The van der Waals surface area contributed by atoms with Crippen molar-refractivity contribution in [3.63, 3.8) is 0 Å². The number of halogens is 3. The van der Waals surface area contributed by atoms with E-state index in [1.807, 2.05) is 0 Å². The monoisotopic (exact) mass is 359 g/mol. The molecular weight excluding hydrogens is 347 g/mol. The van der Waals surface area contributed by atoms with Crippen LogP contribution in [0.25, 0.3) is 0 Å². The first kappa shape index (κ1) is 17.4. The molecule has 0 bridgehead atoms. The molecule has 26 heavy (non-hydrogen) atoms. The topological polar surface area (TPSA) is 64.1 Å². The lowest BCUT2D eigenvalue weighted by Crippen LogP contribution is -2.12. The van der Waals surface area contributed by atoms with Crippen molar-refractivity contribution in [1.82, 2.24) is 9.97 Å². The van der Waals surface area contributed by atoms with Gasteiger partial charge >= 0.3 is 6.18 Å². The van der Waals surface area contributed by atoms with Crippen molar-refractivity contribution >= 4 is 11.6 Å². The van der Waals surface area contributed by atoms with Gasteiger partial charge in [0, 0.05) is 18.5 Å². The summed E-state index contributed by atoms with van der Waals surface area (Å²) in [7, 11) is 0. The van der Waals surface area contributed by atoms with Crippen LogP contribution in [0, 0.1) is 0 Å². The molecule has 1 N–H and O–H groups in total. The van der Waals surface area contributed by atoms with Gasteiger partial charge in [0.05, 0.1) is 23.0 Å². The number of pyridine rings is 2. The maximum Gasteiger partial charge on any atom is 0.416 e. The summed E-state index contributed by atoms with van der Waals surface area (Å²) in [5, 5.41) is 2.64. The van der Waals surface area contributed by atoms with Gasteiger partial charge < -0.3 is 10.1 Å². The molecule has 0 spiro atoms. The van der Waals surface area contributed by atoms with Gasteiger partial charge in [-0.25, -0.2) is 4.98 Å². The lowest BCUT2D eigenvalue weighted by molar-refractivity contribution is -0.137. The van der Waals surface area contributed by atoms with Crippen LogP contribution < -0.4 is 10.1 Å². The van der Waals surface area contributed by atoms with Gasteiger partial charge in [-0.05, 0) is 36.4 Å². The third kappa shape index (κ3) is 4.35. The highest BCUT2D eigenvalue weighted by Crippen LogP contribution is 2.32. The molecule has 1 aromatic carbocycles. The standard InChI is InChI=1S/C18H12F3N3O2/c19-18(20,21)13-3-1-5-15(9-13)26-16-7-6-12(10-23-16)17(25)24-14-4-2-8-22-11-14/h1-11H,(H,24,25). The van der Waals surface area contributed by atoms with Crippen molar-refractivity contribution < 1.29 is 22.7 Å². The molecule has 0 fully saturated rings. The Balaban J connectivity index is 1.69. The molecule has 0 atom stereocenters. The Morgan fingerprint density at radius 2 is 1.88 bits per heavy atom. The molecule has 0 aliphatic rings. The predicted molar refractivity (Wildman–Crippen MR) is 87.9 cm³/mol. The highest BCUT2D eigenvalue weighted by molar-refractivity contribution is 6.03. The Bertz CT molecular complexity index is 898. The van der Waals surface area contributed by atoms with E-state index in [4.69, 9.17) is 4.74 Å². The summed E-state index contributed by atoms with van der Waals surface area (Å²) >= 11 is 0. The van der Waals surface area contributed by atoms with E-state index in [0.29, 0.717) is 5.69 Å². The maximum atomic E-state index is 12.7. The van der Waals surface area contributed by atoms with Crippen molar-refractivity contribution in [2.45, 2.75) is 6.18 Å². The minimum absolute atomic E-state index is 0.000105. The fourth-order valence-electron chi connectivity index (χ4n) is 2.07. The molecule has 8 heteroatoms. The van der Waals surface area contributed by atoms with Crippen LogP contribution in [-0.4, -0.2) is 15.9 Å². The molecule has 0 radical (unpaired) electrons. The normalized spacial score (nSPS) is 11.0. The van der Waals surface area contributed by atoms with Crippen LogP contribution in [0.1, 0.15) is 15.9 Å². The van der Waals surface area contributed by atoms with Gasteiger partial charge in [0.2, 0.25) is 5.88 Å². The van der Waals surface area contributed by atoms with Crippen LogP contribution in [0.5, 0.6) is 11.6 Å². The number of rotatable bonds is 4. The number of ether oxygens (including phenoxy) is 1.